The lowest BCUT2D eigenvalue weighted by Crippen LogP contribution is -2.38. The number of aromatic nitrogens is 2. The Morgan fingerprint density at radius 1 is 1.43 bits per heavy atom. The van der Waals surface area contributed by atoms with Crippen LogP contribution in [0.3, 0.4) is 0 Å². The average molecular weight is 299 g/mol. The molecule has 1 amide bonds. The number of hydrogen-bond acceptors (Lipinski definition) is 2. The molecule has 0 spiro atoms. The number of hydrogen-bond donors (Lipinski definition) is 0. The highest BCUT2D eigenvalue weighted by molar-refractivity contribution is 5.76. The Morgan fingerprint density at radius 2 is 2.14 bits per heavy atom. The van der Waals surface area contributed by atoms with E-state index >= 15 is 0 Å². The molecule has 1 saturated heterocycles. The van der Waals surface area contributed by atoms with Crippen LogP contribution in [0.5, 0.6) is 0 Å². The summed E-state index contributed by atoms with van der Waals surface area (Å²) in [5.74, 6) is 1.40. The maximum atomic E-state index is 12.4. The predicted octanol–water partition coefficient (Wildman–Crippen LogP) is 2.73. The fourth-order valence-corrected chi connectivity index (χ4v) is 2.85. The van der Waals surface area contributed by atoms with E-state index in [4.69, 9.17) is 0 Å². The van der Waals surface area contributed by atoms with Crippen LogP contribution in [0, 0.1) is 5.92 Å². The van der Waals surface area contributed by atoms with Gasteiger partial charge in [-0.1, -0.05) is 13.3 Å². The van der Waals surface area contributed by atoms with Crippen molar-refractivity contribution >= 4 is 5.91 Å². The Kier molecular flexibility index (Phi) is 5.70. The van der Waals surface area contributed by atoms with Gasteiger partial charge in [-0.3, -0.25) is 4.79 Å². The van der Waals surface area contributed by atoms with E-state index in [-0.39, 0.29) is 12.5 Å². The Balaban J connectivity index is 1.80. The molecule has 2 rings (SSSR count). The number of piperidine rings is 1. The maximum absolute atomic E-state index is 12.4. The summed E-state index contributed by atoms with van der Waals surface area (Å²) in [5.41, 5.74) is 0. The lowest BCUT2D eigenvalue weighted by atomic mass is 9.94. The van der Waals surface area contributed by atoms with Crippen molar-refractivity contribution in [3.8, 4) is 0 Å². The summed E-state index contributed by atoms with van der Waals surface area (Å²) in [7, 11) is 0. The number of likely N-dealkylation sites (tertiary alicyclic amines) is 1. The van der Waals surface area contributed by atoms with Gasteiger partial charge in [0.25, 0.3) is 6.43 Å². The van der Waals surface area contributed by atoms with E-state index in [9.17, 15) is 13.6 Å². The monoisotopic (exact) mass is 299 g/mol. The number of halogens is 2. The Morgan fingerprint density at radius 3 is 2.76 bits per heavy atom. The zero-order chi connectivity index (χ0) is 15.2. The van der Waals surface area contributed by atoms with Crippen molar-refractivity contribution in [2.45, 2.75) is 52.0 Å². The summed E-state index contributed by atoms with van der Waals surface area (Å²) >= 11 is 0. The first kappa shape index (κ1) is 15.9. The van der Waals surface area contributed by atoms with E-state index in [1.165, 1.54) is 17.2 Å². The molecular weight excluding hydrogens is 276 g/mol. The van der Waals surface area contributed by atoms with E-state index < -0.39 is 6.43 Å². The van der Waals surface area contributed by atoms with Crippen molar-refractivity contribution in [2.24, 2.45) is 5.92 Å². The quantitative estimate of drug-likeness (QED) is 0.810. The minimum absolute atomic E-state index is 0.108. The largest absolute Gasteiger partial charge is 0.343 e. The normalized spacial score (nSPS) is 16.7. The second-order valence-corrected chi connectivity index (χ2v) is 5.62. The van der Waals surface area contributed by atoms with Crippen LogP contribution in [0.15, 0.2) is 12.4 Å². The SMILES string of the molecule is CCC1CCN(C(=O)CCc2nccn2CC(F)F)CC1. The van der Waals surface area contributed by atoms with Gasteiger partial charge in [0.05, 0.1) is 6.54 Å². The topological polar surface area (TPSA) is 38.1 Å². The molecule has 2 heterocycles. The van der Waals surface area contributed by atoms with Gasteiger partial charge in [-0.15, -0.1) is 0 Å². The molecule has 4 nitrogen and oxygen atoms in total. The molecular formula is C15H23F2N3O. The number of nitrogens with zero attached hydrogens (tertiary/aromatic N) is 3. The van der Waals surface area contributed by atoms with Gasteiger partial charge >= 0.3 is 0 Å². The number of carbonyl (C=O) groups is 1. The standard InChI is InChI=1S/C15H23F2N3O/c1-2-12-5-8-19(9-6-12)15(21)4-3-14-18-7-10-20(14)11-13(16)17/h7,10,12-13H,2-6,8-9,11H2,1H3. The summed E-state index contributed by atoms with van der Waals surface area (Å²) < 4.78 is 26.3. The molecule has 0 aliphatic carbocycles. The fraction of sp³-hybridized carbons (Fsp3) is 0.733. The Hall–Kier alpha value is -1.46. The van der Waals surface area contributed by atoms with Crippen molar-refractivity contribution < 1.29 is 13.6 Å². The zero-order valence-corrected chi connectivity index (χ0v) is 12.5. The molecule has 0 bridgehead atoms. The van der Waals surface area contributed by atoms with Crippen molar-refractivity contribution in [3.05, 3.63) is 18.2 Å². The number of aryl methyl sites for hydroxylation is 1. The van der Waals surface area contributed by atoms with Gasteiger partial charge < -0.3 is 9.47 Å². The highest BCUT2D eigenvalue weighted by Crippen LogP contribution is 2.20. The van der Waals surface area contributed by atoms with E-state index in [2.05, 4.69) is 11.9 Å². The van der Waals surface area contributed by atoms with Crippen molar-refractivity contribution in [2.75, 3.05) is 13.1 Å². The molecule has 21 heavy (non-hydrogen) atoms. The number of amides is 1. The molecule has 0 saturated carbocycles. The predicted molar refractivity (Wildman–Crippen MR) is 76.1 cm³/mol. The van der Waals surface area contributed by atoms with Gasteiger partial charge in [0.15, 0.2) is 0 Å². The van der Waals surface area contributed by atoms with Crippen molar-refractivity contribution in [3.63, 3.8) is 0 Å². The van der Waals surface area contributed by atoms with Gasteiger partial charge in [-0.2, -0.15) is 0 Å². The average Bonchev–Trinajstić information content (AvgIpc) is 2.91. The first-order valence-electron chi connectivity index (χ1n) is 7.66. The van der Waals surface area contributed by atoms with Crippen LogP contribution in [-0.4, -0.2) is 39.9 Å². The molecule has 1 aromatic rings. The molecule has 0 N–H and O–H groups in total. The summed E-state index contributed by atoms with van der Waals surface area (Å²) in [6, 6.07) is 0. The van der Waals surface area contributed by atoms with Gasteiger partial charge in [0.1, 0.15) is 5.82 Å². The third-order valence-electron chi connectivity index (χ3n) is 4.24. The molecule has 0 atom stereocenters. The smallest absolute Gasteiger partial charge is 0.256 e. The number of imidazole rings is 1. The second kappa shape index (κ2) is 7.52. The minimum Gasteiger partial charge on any atom is -0.343 e. The lowest BCUT2D eigenvalue weighted by molar-refractivity contribution is -0.132. The molecule has 0 radical (unpaired) electrons. The third kappa shape index (κ3) is 4.51. The molecule has 0 unspecified atom stereocenters. The van der Waals surface area contributed by atoms with Crippen LogP contribution in [0.4, 0.5) is 8.78 Å². The Labute approximate surface area is 124 Å². The van der Waals surface area contributed by atoms with Crippen LogP contribution in [0.25, 0.3) is 0 Å². The summed E-state index contributed by atoms with van der Waals surface area (Å²) in [6.45, 7) is 3.47. The number of rotatable bonds is 6. The Bertz CT molecular complexity index is 454. The summed E-state index contributed by atoms with van der Waals surface area (Å²) in [4.78, 5) is 18.1. The molecule has 1 fully saturated rings. The molecule has 1 aliphatic rings. The molecule has 6 heteroatoms. The minimum atomic E-state index is -2.40. The third-order valence-corrected chi connectivity index (χ3v) is 4.24. The van der Waals surface area contributed by atoms with Crippen LogP contribution in [-0.2, 0) is 17.8 Å². The number of alkyl halides is 2. The maximum Gasteiger partial charge on any atom is 0.256 e. The van der Waals surface area contributed by atoms with E-state index in [0.717, 1.165) is 31.8 Å². The van der Waals surface area contributed by atoms with Crippen LogP contribution in [0.2, 0.25) is 0 Å². The number of carbonyl (C=O) groups excluding carboxylic acids is 1. The zero-order valence-electron chi connectivity index (χ0n) is 12.5. The van der Waals surface area contributed by atoms with Crippen LogP contribution in [0.1, 0.15) is 38.4 Å². The second-order valence-electron chi connectivity index (χ2n) is 5.62. The molecule has 1 aromatic heterocycles. The van der Waals surface area contributed by atoms with Gasteiger partial charge in [0.2, 0.25) is 5.91 Å². The highest BCUT2D eigenvalue weighted by atomic mass is 19.3. The molecule has 118 valence electrons. The lowest BCUT2D eigenvalue weighted by Gasteiger charge is -2.31. The van der Waals surface area contributed by atoms with Crippen molar-refractivity contribution in [1.82, 2.24) is 14.5 Å². The molecule has 0 aromatic carbocycles. The summed E-state index contributed by atoms with van der Waals surface area (Å²) in [5, 5.41) is 0. The first-order chi connectivity index (χ1) is 10.1. The van der Waals surface area contributed by atoms with Gasteiger partial charge in [-0.25, -0.2) is 13.8 Å². The van der Waals surface area contributed by atoms with Gasteiger partial charge in [0, 0.05) is 38.3 Å². The van der Waals surface area contributed by atoms with E-state index in [1.54, 1.807) is 6.20 Å². The molecule has 1 aliphatic heterocycles. The van der Waals surface area contributed by atoms with Crippen LogP contribution >= 0.6 is 0 Å². The van der Waals surface area contributed by atoms with E-state index in [0.29, 0.717) is 18.7 Å². The fourth-order valence-electron chi connectivity index (χ4n) is 2.85. The van der Waals surface area contributed by atoms with Gasteiger partial charge in [-0.05, 0) is 18.8 Å². The van der Waals surface area contributed by atoms with Crippen molar-refractivity contribution in [1.29, 1.82) is 0 Å². The first-order valence-corrected chi connectivity index (χ1v) is 7.66. The van der Waals surface area contributed by atoms with Crippen LogP contribution < -0.4 is 0 Å². The van der Waals surface area contributed by atoms with E-state index in [1.807, 2.05) is 4.90 Å². The highest BCUT2D eigenvalue weighted by Gasteiger charge is 2.21. The summed E-state index contributed by atoms with van der Waals surface area (Å²) in [6.07, 6.45) is 4.73.